The molecule has 51 heavy (non-hydrogen) atoms. The standard InChI is InChI=1S/C42H60O8Si/c1-7-8-9-10-11-21-28-46-41-39(47-31-45-29-33-22-15-12-16-23-33)37(43)38(50-40(44)32(2)3)36(49-41)30-48-51(42(4,5)6,34-24-17-13-18-25-34)35-26-19-14-20-27-35/h12-20,22-27,32,36-39,41,43H,7-11,21,28-31H2,1-6H3/t36-,37+,38-,39-,41-/m1/s1. The molecule has 3 aromatic rings. The van der Waals surface area contributed by atoms with Gasteiger partial charge in [0.1, 0.15) is 25.1 Å². The summed E-state index contributed by atoms with van der Waals surface area (Å²) in [5.41, 5.74) is 1.00. The first-order valence-electron chi connectivity index (χ1n) is 18.7. The van der Waals surface area contributed by atoms with Crippen LogP contribution in [0.1, 0.15) is 85.6 Å². The van der Waals surface area contributed by atoms with Crippen molar-refractivity contribution in [3.8, 4) is 0 Å². The van der Waals surface area contributed by atoms with Gasteiger partial charge in [-0.05, 0) is 27.4 Å². The predicted octanol–water partition coefficient (Wildman–Crippen LogP) is 7.15. The van der Waals surface area contributed by atoms with Gasteiger partial charge < -0.3 is 33.2 Å². The summed E-state index contributed by atoms with van der Waals surface area (Å²) in [4.78, 5) is 13.1. The second-order valence-corrected chi connectivity index (χ2v) is 19.1. The summed E-state index contributed by atoms with van der Waals surface area (Å²) < 4.78 is 38.2. The Morgan fingerprint density at radius 1 is 0.804 bits per heavy atom. The van der Waals surface area contributed by atoms with Gasteiger partial charge in [-0.3, -0.25) is 4.79 Å². The minimum absolute atomic E-state index is 0.0640. The van der Waals surface area contributed by atoms with Crippen LogP contribution in [0.15, 0.2) is 91.0 Å². The average Bonchev–Trinajstić information content (AvgIpc) is 3.12. The van der Waals surface area contributed by atoms with Crippen molar-refractivity contribution in [1.29, 1.82) is 0 Å². The first kappa shape index (κ1) is 40.9. The fraction of sp³-hybridized carbons (Fsp3) is 0.548. The number of hydrogen-bond acceptors (Lipinski definition) is 8. The Morgan fingerprint density at radius 3 is 1.94 bits per heavy atom. The highest BCUT2D eigenvalue weighted by molar-refractivity contribution is 6.99. The number of carbonyl (C=O) groups excluding carboxylic acids is 1. The molecule has 280 valence electrons. The lowest BCUT2D eigenvalue weighted by atomic mass is 9.98. The topological polar surface area (TPSA) is 92.7 Å². The summed E-state index contributed by atoms with van der Waals surface area (Å²) in [6.07, 6.45) is 1.59. The van der Waals surface area contributed by atoms with Gasteiger partial charge in [-0.25, -0.2) is 0 Å². The zero-order valence-corrected chi connectivity index (χ0v) is 32.5. The van der Waals surface area contributed by atoms with Crippen LogP contribution in [0, 0.1) is 5.92 Å². The molecule has 1 saturated heterocycles. The summed E-state index contributed by atoms with van der Waals surface area (Å²) in [6.45, 7) is 13.1. The Bertz CT molecular complexity index is 1360. The first-order chi connectivity index (χ1) is 24.6. The Morgan fingerprint density at radius 2 is 1.37 bits per heavy atom. The molecule has 0 aromatic heterocycles. The Balaban J connectivity index is 1.61. The molecule has 9 heteroatoms. The molecule has 1 N–H and O–H groups in total. The van der Waals surface area contributed by atoms with Crippen molar-refractivity contribution in [1.82, 2.24) is 0 Å². The molecule has 1 fully saturated rings. The quantitative estimate of drug-likeness (QED) is 0.0570. The largest absolute Gasteiger partial charge is 0.456 e. The van der Waals surface area contributed by atoms with Crippen molar-refractivity contribution in [3.05, 3.63) is 96.6 Å². The lowest BCUT2D eigenvalue weighted by Crippen LogP contribution is -2.68. The van der Waals surface area contributed by atoms with Gasteiger partial charge in [0.25, 0.3) is 8.32 Å². The molecule has 0 bridgehead atoms. The van der Waals surface area contributed by atoms with E-state index in [0.717, 1.165) is 35.2 Å². The molecular weight excluding hydrogens is 661 g/mol. The van der Waals surface area contributed by atoms with Crippen molar-refractivity contribution in [2.75, 3.05) is 20.0 Å². The van der Waals surface area contributed by atoms with E-state index in [9.17, 15) is 9.90 Å². The van der Waals surface area contributed by atoms with E-state index in [1.165, 1.54) is 19.3 Å². The minimum atomic E-state index is -2.99. The molecule has 5 atom stereocenters. The average molecular weight is 721 g/mol. The van der Waals surface area contributed by atoms with Gasteiger partial charge in [0, 0.05) is 6.61 Å². The van der Waals surface area contributed by atoms with Crippen molar-refractivity contribution >= 4 is 24.7 Å². The van der Waals surface area contributed by atoms with Crippen LogP contribution in [-0.2, 0) is 39.5 Å². The molecule has 8 nitrogen and oxygen atoms in total. The molecular formula is C42H60O8Si. The SMILES string of the molecule is CCCCCCCCO[C@@H]1O[C@H](CO[Si](c2ccccc2)(c2ccccc2)C(C)(C)C)[C@@H](OC(=O)C(C)C)[C@H](O)[C@H]1OCOCc1ccccc1. The van der Waals surface area contributed by atoms with E-state index in [1.54, 1.807) is 13.8 Å². The van der Waals surface area contributed by atoms with Gasteiger partial charge in [-0.2, -0.15) is 0 Å². The second kappa shape index (κ2) is 20.4. The van der Waals surface area contributed by atoms with Crippen LogP contribution >= 0.6 is 0 Å². The molecule has 3 aromatic carbocycles. The van der Waals surface area contributed by atoms with Crippen molar-refractivity contribution in [2.24, 2.45) is 5.92 Å². The van der Waals surface area contributed by atoms with Gasteiger partial charge in [-0.15, -0.1) is 0 Å². The van der Waals surface area contributed by atoms with Crippen LogP contribution in [-0.4, -0.2) is 70.1 Å². The van der Waals surface area contributed by atoms with Gasteiger partial charge in [0.15, 0.2) is 12.4 Å². The Hall–Kier alpha value is -2.89. The smallest absolute Gasteiger partial charge is 0.308 e. The number of unbranched alkanes of at least 4 members (excludes halogenated alkanes) is 5. The minimum Gasteiger partial charge on any atom is -0.456 e. The number of carbonyl (C=O) groups is 1. The number of esters is 1. The third-order valence-electron chi connectivity index (χ3n) is 9.46. The molecule has 0 spiro atoms. The third kappa shape index (κ3) is 11.3. The van der Waals surface area contributed by atoms with E-state index in [1.807, 2.05) is 66.7 Å². The first-order valence-corrected chi connectivity index (χ1v) is 20.6. The second-order valence-electron chi connectivity index (χ2n) is 14.8. The number of rotatable bonds is 20. The van der Waals surface area contributed by atoms with Crippen LogP contribution in [0.2, 0.25) is 5.04 Å². The zero-order chi connectivity index (χ0) is 36.7. The highest BCUT2D eigenvalue weighted by Crippen LogP contribution is 2.38. The van der Waals surface area contributed by atoms with E-state index < -0.39 is 50.9 Å². The normalized spacial score (nSPS) is 21.1. The van der Waals surface area contributed by atoms with Crippen molar-refractivity contribution in [2.45, 2.75) is 122 Å². The maximum atomic E-state index is 13.1. The molecule has 1 aliphatic heterocycles. The highest BCUT2D eigenvalue weighted by Gasteiger charge is 2.53. The molecule has 1 aliphatic rings. The number of aliphatic hydroxyl groups excluding tert-OH is 1. The molecule has 0 amide bonds. The summed E-state index contributed by atoms with van der Waals surface area (Å²) in [7, 11) is -2.99. The van der Waals surface area contributed by atoms with Crippen molar-refractivity contribution in [3.63, 3.8) is 0 Å². The Labute approximate surface area is 306 Å². The van der Waals surface area contributed by atoms with Crippen LogP contribution < -0.4 is 10.4 Å². The molecule has 0 aliphatic carbocycles. The van der Waals surface area contributed by atoms with E-state index in [0.29, 0.717) is 13.2 Å². The van der Waals surface area contributed by atoms with E-state index >= 15 is 0 Å². The predicted molar refractivity (Wildman–Crippen MR) is 203 cm³/mol. The highest BCUT2D eigenvalue weighted by atomic mass is 28.4. The lowest BCUT2D eigenvalue weighted by molar-refractivity contribution is -0.321. The van der Waals surface area contributed by atoms with Gasteiger partial charge in [0.2, 0.25) is 0 Å². The number of ether oxygens (including phenoxy) is 5. The lowest BCUT2D eigenvalue weighted by Gasteiger charge is -2.47. The monoisotopic (exact) mass is 720 g/mol. The number of benzene rings is 3. The van der Waals surface area contributed by atoms with Gasteiger partial charge in [0.05, 0.1) is 19.1 Å². The number of aliphatic hydroxyl groups is 1. The van der Waals surface area contributed by atoms with E-state index in [2.05, 4.69) is 52.0 Å². The number of hydrogen-bond donors (Lipinski definition) is 1. The fourth-order valence-electron chi connectivity index (χ4n) is 6.67. The third-order valence-corrected chi connectivity index (χ3v) is 14.5. The zero-order valence-electron chi connectivity index (χ0n) is 31.5. The summed E-state index contributed by atoms with van der Waals surface area (Å²) in [6, 6.07) is 30.5. The van der Waals surface area contributed by atoms with Crippen LogP contribution in [0.5, 0.6) is 0 Å². The van der Waals surface area contributed by atoms with Gasteiger partial charge in [-0.1, -0.05) is 165 Å². The van der Waals surface area contributed by atoms with Crippen LogP contribution in [0.25, 0.3) is 0 Å². The summed E-state index contributed by atoms with van der Waals surface area (Å²) in [5, 5.41) is 13.9. The van der Waals surface area contributed by atoms with E-state index in [4.69, 9.17) is 28.1 Å². The van der Waals surface area contributed by atoms with Crippen molar-refractivity contribution < 1.29 is 38.0 Å². The van der Waals surface area contributed by atoms with E-state index in [-0.39, 0.29) is 18.4 Å². The maximum absolute atomic E-state index is 13.1. The molecule has 0 radical (unpaired) electrons. The van der Waals surface area contributed by atoms with Crippen LogP contribution in [0.3, 0.4) is 0 Å². The summed E-state index contributed by atoms with van der Waals surface area (Å²) >= 11 is 0. The maximum Gasteiger partial charge on any atom is 0.308 e. The molecule has 0 saturated carbocycles. The fourth-order valence-corrected chi connectivity index (χ4v) is 11.2. The molecule has 0 unspecified atom stereocenters. The van der Waals surface area contributed by atoms with Crippen LogP contribution in [0.4, 0.5) is 0 Å². The summed E-state index contributed by atoms with van der Waals surface area (Å²) in [5.74, 6) is -0.852. The Kier molecular flexibility index (Phi) is 16.3. The molecule has 4 rings (SSSR count). The molecule has 1 heterocycles. The van der Waals surface area contributed by atoms with Gasteiger partial charge >= 0.3 is 5.97 Å².